The van der Waals surface area contributed by atoms with E-state index in [1.807, 2.05) is 18.4 Å². The number of amides is 1. The first-order chi connectivity index (χ1) is 10.2. The summed E-state index contributed by atoms with van der Waals surface area (Å²) in [5, 5.41) is 11.8. The number of nitrogens with zero attached hydrogens (tertiary/aromatic N) is 2. The fourth-order valence-corrected chi connectivity index (χ4v) is 3.31. The molecule has 0 aliphatic carbocycles. The first kappa shape index (κ1) is 15.8. The minimum Gasteiger partial charge on any atom is -0.355 e. The highest BCUT2D eigenvalue weighted by Gasteiger charge is 2.10. The smallest absolute Gasteiger partial charge is 0.343 e. The Bertz CT molecular complexity index is 618. The largest absolute Gasteiger partial charge is 0.355 e. The van der Waals surface area contributed by atoms with Crippen LogP contribution in [0.1, 0.15) is 18.2 Å². The number of hydrogen-bond donors (Lipinski definition) is 2. The number of hydrogen-bond acceptors (Lipinski definition) is 5. The lowest BCUT2D eigenvalue weighted by atomic mass is 10.3. The molecule has 2 aromatic heterocycles. The Labute approximate surface area is 131 Å². The fourth-order valence-electron chi connectivity index (χ4n) is 1.80. The average Bonchev–Trinajstić information content (AvgIpc) is 3.09. The number of thiophene rings is 1. The first-order valence-electron chi connectivity index (χ1n) is 6.77. The molecule has 0 atom stereocenters. The van der Waals surface area contributed by atoms with Crippen LogP contribution in [0.25, 0.3) is 0 Å². The van der Waals surface area contributed by atoms with Crippen molar-refractivity contribution < 1.29 is 4.79 Å². The molecule has 0 unspecified atom stereocenters. The Kier molecular flexibility index (Phi) is 6.06. The summed E-state index contributed by atoms with van der Waals surface area (Å²) in [4.78, 5) is 24.5. The van der Waals surface area contributed by atoms with Gasteiger partial charge >= 0.3 is 5.69 Å². The standard InChI is InChI=1S/C13H18N4O2S2/c1-2-7-17-12(19)15-16-13(17)21-9-11(18)14-6-5-10-4-3-8-20-10/h3-4,8H,2,5-7,9H2,1H3,(H,14,18)(H,15,19). The minimum absolute atomic E-state index is 0.0462. The molecule has 0 spiro atoms. The molecule has 0 saturated heterocycles. The van der Waals surface area contributed by atoms with Crippen LogP contribution in [0, 0.1) is 0 Å². The molecule has 0 fully saturated rings. The molecule has 114 valence electrons. The Balaban J connectivity index is 1.75. The van der Waals surface area contributed by atoms with E-state index in [0.717, 1.165) is 12.8 Å². The summed E-state index contributed by atoms with van der Waals surface area (Å²) in [5.74, 6) is 0.216. The Morgan fingerprint density at radius 3 is 3.14 bits per heavy atom. The van der Waals surface area contributed by atoms with E-state index in [-0.39, 0.29) is 17.3 Å². The van der Waals surface area contributed by atoms with Gasteiger partial charge in [-0.15, -0.1) is 16.4 Å². The number of aromatic nitrogens is 3. The molecule has 1 amide bonds. The highest BCUT2D eigenvalue weighted by Crippen LogP contribution is 2.13. The predicted octanol–water partition coefficient (Wildman–Crippen LogP) is 1.49. The molecule has 8 heteroatoms. The van der Waals surface area contributed by atoms with Crippen molar-refractivity contribution in [1.82, 2.24) is 20.1 Å². The van der Waals surface area contributed by atoms with Gasteiger partial charge in [0.15, 0.2) is 5.16 Å². The SMILES string of the molecule is CCCn1c(SCC(=O)NCCc2cccs2)n[nH]c1=O. The fraction of sp³-hybridized carbons (Fsp3) is 0.462. The minimum atomic E-state index is -0.225. The van der Waals surface area contributed by atoms with Crippen LogP contribution in [0.3, 0.4) is 0 Å². The van der Waals surface area contributed by atoms with Crippen LogP contribution in [0.2, 0.25) is 0 Å². The van der Waals surface area contributed by atoms with E-state index in [0.29, 0.717) is 18.2 Å². The van der Waals surface area contributed by atoms with Gasteiger partial charge in [0.1, 0.15) is 0 Å². The van der Waals surface area contributed by atoms with Crippen LogP contribution in [0.5, 0.6) is 0 Å². The van der Waals surface area contributed by atoms with Gasteiger partial charge in [-0.1, -0.05) is 24.8 Å². The van der Waals surface area contributed by atoms with Gasteiger partial charge in [-0.3, -0.25) is 9.36 Å². The van der Waals surface area contributed by atoms with E-state index in [1.165, 1.54) is 16.6 Å². The van der Waals surface area contributed by atoms with Crippen LogP contribution >= 0.6 is 23.1 Å². The van der Waals surface area contributed by atoms with Crippen molar-refractivity contribution in [1.29, 1.82) is 0 Å². The summed E-state index contributed by atoms with van der Waals surface area (Å²) in [7, 11) is 0. The molecule has 0 saturated carbocycles. The number of carbonyl (C=O) groups excluding carboxylic acids is 1. The third-order valence-corrected chi connectivity index (χ3v) is 4.69. The van der Waals surface area contributed by atoms with Gasteiger partial charge < -0.3 is 5.32 Å². The van der Waals surface area contributed by atoms with Crippen molar-refractivity contribution in [3.63, 3.8) is 0 Å². The van der Waals surface area contributed by atoms with Gasteiger partial charge in [0.2, 0.25) is 5.91 Å². The summed E-state index contributed by atoms with van der Waals surface area (Å²) in [5.41, 5.74) is -0.225. The molecule has 0 aliphatic rings. The number of thioether (sulfide) groups is 1. The summed E-state index contributed by atoms with van der Waals surface area (Å²) in [6, 6.07) is 4.06. The first-order valence-corrected chi connectivity index (χ1v) is 8.64. The second kappa shape index (κ2) is 8.04. The number of aromatic amines is 1. The van der Waals surface area contributed by atoms with Gasteiger partial charge in [0.25, 0.3) is 0 Å². The monoisotopic (exact) mass is 326 g/mol. The lowest BCUT2D eigenvalue weighted by Crippen LogP contribution is -2.27. The summed E-state index contributed by atoms with van der Waals surface area (Å²) in [6.07, 6.45) is 1.69. The van der Waals surface area contributed by atoms with E-state index >= 15 is 0 Å². The van der Waals surface area contributed by atoms with Gasteiger partial charge in [-0.2, -0.15) is 0 Å². The van der Waals surface area contributed by atoms with E-state index < -0.39 is 0 Å². The van der Waals surface area contributed by atoms with Crippen molar-refractivity contribution in [2.45, 2.75) is 31.5 Å². The maximum Gasteiger partial charge on any atom is 0.343 e. The average molecular weight is 326 g/mol. The van der Waals surface area contributed by atoms with Crippen molar-refractivity contribution in [3.8, 4) is 0 Å². The lowest BCUT2D eigenvalue weighted by Gasteiger charge is -2.05. The number of nitrogens with one attached hydrogen (secondary N) is 2. The molecule has 21 heavy (non-hydrogen) atoms. The maximum absolute atomic E-state index is 11.8. The molecule has 2 N–H and O–H groups in total. The quantitative estimate of drug-likeness (QED) is 0.720. The second-order valence-electron chi connectivity index (χ2n) is 4.43. The molecule has 0 aliphatic heterocycles. The predicted molar refractivity (Wildman–Crippen MR) is 84.9 cm³/mol. The highest BCUT2D eigenvalue weighted by atomic mass is 32.2. The normalized spacial score (nSPS) is 10.7. The molecule has 0 aromatic carbocycles. The van der Waals surface area contributed by atoms with Crippen molar-refractivity contribution in [3.05, 3.63) is 32.9 Å². The van der Waals surface area contributed by atoms with E-state index in [9.17, 15) is 9.59 Å². The number of H-pyrrole nitrogens is 1. The molecule has 0 radical (unpaired) electrons. The third kappa shape index (κ3) is 4.75. The lowest BCUT2D eigenvalue weighted by molar-refractivity contribution is -0.118. The topological polar surface area (TPSA) is 79.8 Å². The highest BCUT2D eigenvalue weighted by molar-refractivity contribution is 7.99. The molecule has 6 nitrogen and oxygen atoms in total. The zero-order valence-electron chi connectivity index (χ0n) is 11.8. The van der Waals surface area contributed by atoms with Crippen LogP contribution in [0.4, 0.5) is 0 Å². The van der Waals surface area contributed by atoms with E-state index in [1.54, 1.807) is 15.9 Å². The number of carbonyl (C=O) groups is 1. The Morgan fingerprint density at radius 1 is 1.57 bits per heavy atom. The van der Waals surface area contributed by atoms with E-state index in [2.05, 4.69) is 21.6 Å². The summed E-state index contributed by atoms with van der Waals surface area (Å²) in [6.45, 7) is 3.23. The molecule has 2 aromatic rings. The Morgan fingerprint density at radius 2 is 2.43 bits per heavy atom. The van der Waals surface area contributed by atoms with Crippen LogP contribution in [-0.2, 0) is 17.8 Å². The molecule has 2 heterocycles. The third-order valence-electron chi connectivity index (χ3n) is 2.78. The molecule has 0 bridgehead atoms. The van der Waals surface area contributed by atoms with Crippen molar-refractivity contribution in [2.24, 2.45) is 0 Å². The zero-order valence-corrected chi connectivity index (χ0v) is 13.4. The zero-order chi connectivity index (χ0) is 15.1. The number of rotatable bonds is 8. The van der Waals surface area contributed by atoms with Crippen LogP contribution in [-0.4, -0.2) is 33.0 Å². The Hall–Kier alpha value is -1.54. The molecule has 2 rings (SSSR count). The maximum atomic E-state index is 11.8. The van der Waals surface area contributed by atoms with Gasteiger partial charge in [0, 0.05) is 18.0 Å². The summed E-state index contributed by atoms with van der Waals surface area (Å²) >= 11 is 2.96. The van der Waals surface area contributed by atoms with Gasteiger partial charge in [-0.25, -0.2) is 9.89 Å². The van der Waals surface area contributed by atoms with Crippen molar-refractivity contribution in [2.75, 3.05) is 12.3 Å². The van der Waals surface area contributed by atoms with E-state index in [4.69, 9.17) is 0 Å². The summed E-state index contributed by atoms with van der Waals surface area (Å²) < 4.78 is 1.56. The van der Waals surface area contributed by atoms with Crippen molar-refractivity contribution >= 4 is 29.0 Å². The van der Waals surface area contributed by atoms with Gasteiger partial charge in [0.05, 0.1) is 5.75 Å². The second-order valence-corrected chi connectivity index (χ2v) is 6.41. The van der Waals surface area contributed by atoms with Gasteiger partial charge in [-0.05, 0) is 24.3 Å². The molecular weight excluding hydrogens is 308 g/mol. The van der Waals surface area contributed by atoms with Crippen LogP contribution < -0.4 is 11.0 Å². The molecular formula is C13H18N4O2S2. The van der Waals surface area contributed by atoms with Crippen LogP contribution in [0.15, 0.2) is 27.5 Å².